The van der Waals surface area contributed by atoms with E-state index in [1.807, 2.05) is 29.2 Å². The average molecular weight is 327 g/mol. The molecule has 2 saturated heterocycles. The Labute approximate surface area is 132 Å². The minimum absolute atomic E-state index is 0.0326. The number of carbonyl (C=O) groups excluding carboxylic acids is 2. The quantitative estimate of drug-likeness (QED) is 0.855. The molecule has 3 rings (SSSR count). The Kier molecular flexibility index (Phi) is 4.26. The highest BCUT2D eigenvalue weighted by Crippen LogP contribution is 2.38. The maximum Gasteiger partial charge on any atom is 0.410 e. The third-order valence-corrected chi connectivity index (χ3v) is 5.01. The molecule has 0 aliphatic carbocycles. The van der Waals surface area contributed by atoms with Gasteiger partial charge in [0, 0.05) is 17.3 Å². The van der Waals surface area contributed by atoms with Gasteiger partial charge in [-0.25, -0.2) is 4.79 Å². The Balaban J connectivity index is 1.71. The topological polar surface area (TPSA) is 49.9 Å². The van der Waals surface area contributed by atoms with Crippen molar-refractivity contribution in [3.8, 4) is 0 Å². The van der Waals surface area contributed by atoms with Gasteiger partial charge in [0.2, 0.25) is 5.91 Å². The zero-order chi connectivity index (χ0) is 14.8. The van der Waals surface area contributed by atoms with Crippen LogP contribution in [0.25, 0.3) is 0 Å². The normalized spacial score (nSPS) is 21.8. The number of rotatable bonds is 3. The third-order valence-electron chi connectivity index (χ3n) is 3.52. The summed E-state index contributed by atoms with van der Waals surface area (Å²) in [6, 6.07) is 7.56. The molecule has 0 radical (unpaired) electrons. The van der Waals surface area contributed by atoms with Gasteiger partial charge < -0.3 is 9.64 Å². The lowest BCUT2D eigenvalue weighted by Crippen LogP contribution is -2.40. The maximum absolute atomic E-state index is 12.4. The minimum atomic E-state index is -0.408. The van der Waals surface area contributed by atoms with E-state index in [-0.39, 0.29) is 17.8 Å². The molecule has 2 aliphatic heterocycles. The number of carbonyl (C=O) groups is 2. The minimum Gasteiger partial charge on any atom is -0.448 e. The summed E-state index contributed by atoms with van der Waals surface area (Å²) >= 11 is 7.74. The zero-order valence-electron chi connectivity index (χ0n) is 11.3. The van der Waals surface area contributed by atoms with Gasteiger partial charge in [0.25, 0.3) is 0 Å². The summed E-state index contributed by atoms with van der Waals surface area (Å²) in [5, 5.41) is 0.630. The molecule has 5 nitrogen and oxygen atoms in total. The Bertz CT molecular complexity index is 569. The predicted molar refractivity (Wildman–Crippen MR) is 81.3 cm³/mol. The van der Waals surface area contributed by atoms with Crippen molar-refractivity contribution in [3.05, 3.63) is 34.9 Å². The second-order valence-electron chi connectivity index (χ2n) is 4.90. The Hall–Kier alpha value is -1.40. The van der Waals surface area contributed by atoms with E-state index in [9.17, 15) is 9.59 Å². The van der Waals surface area contributed by atoms with Gasteiger partial charge in [0.05, 0.1) is 6.54 Å². The van der Waals surface area contributed by atoms with E-state index < -0.39 is 6.09 Å². The van der Waals surface area contributed by atoms with Crippen molar-refractivity contribution in [2.75, 3.05) is 32.0 Å². The van der Waals surface area contributed by atoms with E-state index in [0.29, 0.717) is 24.7 Å². The van der Waals surface area contributed by atoms with Crippen LogP contribution >= 0.6 is 23.4 Å². The molecule has 0 saturated carbocycles. The molecule has 2 fully saturated rings. The van der Waals surface area contributed by atoms with Crippen molar-refractivity contribution in [1.82, 2.24) is 9.80 Å². The molecule has 1 atom stereocenters. The fraction of sp³-hybridized carbons (Fsp3) is 0.429. The van der Waals surface area contributed by atoms with Gasteiger partial charge in [-0.3, -0.25) is 9.69 Å². The largest absolute Gasteiger partial charge is 0.448 e. The van der Waals surface area contributed by atoms with E-state index in [1.165, 1.54) is 4.90 Å². The first kappa shape index (κ1) is 14.5. The number of cyclic esters (lactones) is 1. The maximum atomic E-state index is 12.4. The molecule has 0 N–H and O–H groups in total. The highest BCUT2D eigenvalue weighted by atomic mass is 35.5. The van der Waals surface area contributed by atoms with Crippen LogP contribution in [0.3, 0.4) is 0 Å². The van der Waals surface area contributed by atoms with Crippen LogP contribution < -0.4 is 0 Å². The molecule has 1 aromatic carbocycles. The highest BCUT2D eigenvalue weighted by Gasteiger charge is 2.33. The number of ether oxygens (including phenoxy) is 1. The molecule has 2 heterocycles. The van der Waals surface area contributed by atoms with Gasteiger partial charge in [-0.05, 0) is 17.7 Å². The number of halogens is 1. The van der Waals surface area contributed by atoms with Crippen molar-refractivity contribution in [2.24, 2.45) is 0 Å². The first-order valence-electron chi connectivity index (χ1n) is 6.73. The number of hydrogen-bond donors (Lipinski definition) is 0. The SMILES string of the molecule is O=C1OCCN1CC(=O)N1CCSC1c1cccc(Cl)c1. The first-order chi connectivity index (χ1) is 10.1. The van der Waals surface area contributed by atoms with Crippen LogP contribution in [0.15, 0.2) is 24.3 Å². The monoisotopic (exact) mass is 326 g/mol. The molecular weight excluding hydrogens is 312 g/mol. The summed E-state index contributed by atoms with van der Waals surface area (Å²) in [6.45, 7) is 1.60. The van der Waals surface area contributed by atoms with E-state index >= 15 is 0 Å². The van der Waals surface area contributed by atoms with Crippen LogP contribution in [0.2, 0.25) is 5.02 Å². The number of thioether (sulfide) groups is 1. The summed E-state index contributed by atoms with van der Waals surface area (Å²) in [7, 11) is 0. The lowest BCUT2D eigenvalue weighted by molar-refractivity contribution is -0.131. The average Bonchev–Trinajstić information content (AvgIpc) is 3.08. The molecule has 1 aromatic rings. The molecule has 1 unspecified atom stereocenters. The lowest BCUT2D eigenvalue weighted by atomic mass is 10.2. The molecular formula is C14H15ClN2O3S. The van der Waals surface area contributed by atoms with E-state index in [2.05, 4.69) is 0 Å². The van der Waals surface area contributed by atoms with Gasteiger partial charge in [0.1, 0.15) is 18.5 Å². The van der Waals surface area contributed by atoms with Crippen LogP contribution in [-0.2, 0) is 9.53 Å². The summed E-state index contributed by atoms with van der Waals surface area (Å²) in [5.41, 5.74) is 1.02. The van der Waals surface area contributed by atoms with Crippen molar-refractivity contribution < 1.29 is 14.3 Å². The zero-order valence-corrected chi connectivity index (χ0v) is 12.9. The summed E-state index contributed by atoms with van der Waals surface area (Å²) < 4.78 is 4.85. The first-order valence-corrected chi connectivity index (χ1v) is 8.16. The van der Waals surface area contributed by atoms with Gasteiger partial charge in [-0.1, -0.05) is 23.7 Å². The van der Waals surface area contributed by atoms with Crippen LogP contribution in [0.5, 0.6) is 0 Å². The number of amides is 2. The van der Waals surface area contributed by atoms with Crippen molar-refractivity contribution in [3.63, 3.8) is 0 Å². The standard InChI is InChI=1S/C14H15ClN2O3S/c15-11-3-1-2-10(8-11)13-17(5-7-21-13)12(18)9-16-4-6-20-14(16)19/h1-3,8,13H,4-7,9H2. The van der Waals surface area contributed by atoms with Crippen LogP contribution in [-0.4, -0.2) is 53.8 Å². The van der Waals surface area contributed by atoms with Crippen LogP contribution in [0.1, 0.15) is 10.9 Å². The molecule has 7 heteroatoms. The summed E-state index contributed by atoms with van der Waals surface area (Å²) in [6.07, 6.45) is -0.408. The Morgan fingerprint density at radius 3 is 3.00 bits per heavy atom. The number of benzene rings is 1. The molecule has 112 valence electrons. The number of nitrogens with zero attached hydrogens (tertiary/aromatic N) is 2. The summed E-state index contributed by atoms with van der Waals surface area (Å²) in [4.78, 5) is 27.1. The van der Waals surface area contributed by atoms with Crippen LogP contribution in [0.4, 0.5) is 4.79 Å². The fourth-order valence-electron chi connectivity index (χ4n) is 2.49. The molecule has 2 amide bonds. The Morgan fingerprint density at radius 1 is 1.43 bits per heavy atom. The van der Waals surface area contributed by atoms with E-state index in [1.54, 1.807) is 11.8 Å². The van der Waals surface area contributed by atoms with Gasteiger partial charge in [-0.15, -0.1) is 11.8 Å². The van der Waals surface area contributed by atoms with Gasteiger partial charge in [-0.2, -0.15) is 0 Å². The summed E-state index contributed by atoms with van der Waals surface area (Å²) in [5.74, 6) is 0.830. The second-order valence-corrected chi connectivity index (χ2v) is 6.53. The van der Waals surface area contributed by atoms with Gasteiger partial charge in [0.15, 0.2) is 0 Å². The third kappa shape index (κ3) is 3.11. The molecule has 0 spiro atoms. The molecule has 2 aliphatic rings. The van der Waals surface area contributed by atoms with Gasteiger partial charge >= 0.3 is 6.09 Å². The Morgan fingerprint density at radius 2 is 2.29 bits per heavy atom. The van der Waals surface area contributed by atoms with Crippen molar-refractivity contribution in [2.45, 2.75) is 5.37 Å². The highest BCUT2D eigenvalue weighted by molar-refractivity contribution is 7.99. The van der Waals surface area contributed by atoms with Crippen molar-refractivity contribution in [1.29, 1.82) is 0 Å². The smallest absolute Gasteiger partial charge is 0.410 e. The van der Waals surface area contributed by atoms with E-state index in [4.69, 9.17) is 16.3 Å². The number of hydrogen-bond acceptors (Lipinski definition) is 4. The van der Waals surface area contributed by atoms with Crippen molar-refractivity contribution >= 4 is 35.4 Å². The lowest BCUT2D eigenvalue weighted by Gasteiger charge is -2.26. The van der Waals surface area contributed by atoms with Crippen LogP contribution in [0, 0.1) is 0 Å². The predicted octanol–water partition coefficient (Wildman–Crippen LogP) is 2.37. The second kappa shape index (κ2) is 6.15. The van der Waals surface area contributed by atoms with E-state index in [0.717, 1.165) is 11.3 Å². The molecule has 0 aromatic heterocycles. The molecule has 0 bridgehead atoms. The molecule has 21 heavy (non-hydrogen) atoms. The fourth-order valence-corrected chi connectivity index (χ4v) is 3.95.